The normalized spacial score (nSPS) is 12.6. The lowest BCUT2D eigenvalue weighted by atomic mass is 10.0. The molecule has 0 aliphatic carbocycles. The van der Waals surface area contributed by atoms with Crippen molar-refractivity contribution in [3.05, 3.63) is 85.1 Å². The summed E-state index contributed by atoms with van der Waals surface area (Å²) in [6, 6.07) is 0. The summed E-state index contributed by atoms with van der Waals surface area (Å²) in [6.45, 7) is 6.54. The standard InChI is InChI=1S/C74H130O6/c1-4-7-10-13-16-19-22-25-28-30-32-34-35-36-37-38-39-41-42-44-46-49-52-55-58-61-64-67-73(76)79-70-71(69-78-72(75)66-63-60-57-54-51-48-27-24-21-18-15-12-9-6-3)80-74(77)68-65-62-59-56-53-50-47-45-43-40-33-31-29-26-23-20-17-14-11-8-5-2/h8,11,17,20,26,29-30,32-33,40,45,47,53,56,71H,4-7,9-10,12-16,18-19,21-25,27-28,31,34-39,41-44,46,48-52,54-55,57-70H2,1-3H3/b11-8-,20-17-,29-26-,32-30-,40-33-,47-45-,56-53-. The quantitative estimate of drug-likeness (QED) is 0.0261. The van der Waals surface area contributed by atoms with Gasteiger partial charge in [0, 0.05) is 19.3 Å². The highest BCUT2D eigenvalue weighted by Crippen LogP contribution is 2.17. The Bertz CT molecular complexity index is 1520. The van der Waals surface area contributed by atoms with E-state index in [0.29, 0.717) is 19.3 Å². The third-order valence-electron chi connectivity index (χ3n) is 15.1. The molecule has 0 radical (unpaired) electrons. The predicted octanol–water partition coefficient (Wildman–Crippen LogP) is 23.8. The van der Waals surface area contributed by atoms with E-state index >= 15 is 0 Å². The van der Waals surface area contributed by atoms with Crippen LogP contribution in [0.15, 0.2) is 85.1 Å². The van der Waals surface area contributed by atoms with E-state index in [0.717, 1.165) is 89.9 Å². The second kappa shape index (κ2) is 68.1. The third kappa shape index (κ3) is 65.4. The Morgan fingerprint density at radius 1 is 0.263 bits per heavy atom. The average molecular weight is 1120 g/mol. The minimum Gasteiger partial charge on any atom is -0.462 e. The summed E-state index contributed by atoms with van der Waals surface area (Å²) < 4.78 is 16.9. The van der Waals surface area contributed by atoms with Gasteiger partial charge in [0.15, 0.2) is 6.10 Å². The highest BCUT2D eigenvalue weighted by atomic mass is 16.6. The van der Waals surface area contributed by atoms with Crippen molar-refractivity contribution in [3.8, 4) is 0 Å². The van der Waals surface area contributed by atoms with E-state index in [9.17, 15) is 14.4 Å². The fraction of sp³-hybridized carbons (Fsp3) is 0.770. The van der Waals surface area contributed by atoms with E-state index in [4.69, 9.17) is 14.2 Å². The summed E-state index contributed by atoms with van der Waals surface area (Å²) in [7, 11) is 0. The molecule has 0 aliphatic rings. The summed E-state index contributed by atoms with van der Waals surface area (Å²) in [4.78, 5) is 38.4. The third-order valence-corrected chi connectivity index (χ3v) is 15.1. The van der Waals surface area contributed by atoms with Crippen LogP contribution in [-0.2, 0) is 28.6 Å². The monoisotopic (exact) mass is 1110 g/mol. The van der Waals surface area contributed by atoms with Gasteiger partial charge in [0.1, 0.15) is 13.2 Å². The Kier molecular flexibility index (Phi) is 65.2. The first-order chi connectivity index (χ1) is 39.5. The number of carbonyl (C=O) groups excluding carboxylic acids is 3. The van der Waals surface area contributed by atoms with Crippen molar-refractivity contribution in [2.75, 3.05) is 13.2 Å². The lowest BCUT2D eigenvalue weighted by molar-refractivity contribution is -0.167. The molecule has 0 aromatic rings. The molecule has 0 aromatic carbocycles. The zero-order chi connectivity index (χ0) is 57.8. The number of carbonyl (C=O) groups is 3. The molecular weight excluding hydrogens is 985 g/mol. The topological polar surface area (TPSA) is 78.9 Å². The van der Waals surface area contributed by atoms with Crippen molar-refractivity contribution >= 4 is 17.9 Å². The van der Waals surface area contributed by atoms with Gasteiger partial charge in [0.2, 0.25) is 0 Å². The van der Waals surface area contributed by atoms with Crippen LogP contribution in [0.25, 0.3) is 0 Å². The molecule has 0 N–H and O–H groups in total. The first kappa shape index (κ1) is 76.6. The van der Waals surface area contributed by atoms with Gasteiger partial charge in [-0.2, -0.15) is 0 Å². The molecule has 1 unspecified atom stereocenters. The lowest BCUT2D eigenvalue weighted by Gasteiger charge is -2.18. The Morgan fingerprint density at radius 2 is 0.487 bits per heavy atom. The van der Waals surface area contributed by atoms with Gasteiger partial charge >= 0.3 is 17.9 Å². The maximum atomic E-state index is 12.9. The molecule has 0 fully saturated rings. The second-order valence-electron chi connectivity index (χ2n) is 23.1. The highest BCUT2D eigenvalue weighted by molar-refractivity contribution is 5.71. The molecule has 1 atom stereocenters. The van der Waals surface area contributed by atoms with Crippen LogP contribution in [0, 0.1) is 0 Å². The van der Waals surface area contributed by atoms with Gasteiger partial charge in [-0.1, -0.05) is 318 Å². The summed E-state index contributed by atoms with van der Waals surface area (Å²) in [5, 5.41) is 0. The van der Waals surface area contributed by atoms with E-state index in [1.54, 1.807) is 0 Å². The molecule has 6 nitrogen and oxygen atoms in total. The number of esters is 3. The van der Waals surface area contributed by atoms with Crippen molar-refractivity contribution in [2.24, 2.45) is 0 Å². The van der Waals surface area contributed by atoms with E-state index in [-0.39, 0.29) is 37.5 Å². The van der Waals surface area contributed by atoms with Gasteiger partial charge in [0.05, 0.1) is 0 Å². The van der Waals surface area contributed by atoms with Crippen LogP contribution in [0.4, 0.5) is 0 Å². The highest BCUT2D eigenvalue weighted by Gasteiger charge is 2.19. The molecule has 0 rings (SSSR count). The molecule has 462 valence electrons. The minimum absolute atomic E-state index is 0.0905. The molecule has 6 heteroatoms. The Hall–Kier alpha value is -3.41. The fourth-order valence-corrected chi connectivity index (χ4v) is 9.97. The molecular formula is C74H130O6. The molecule has 0 saturated heterocycles. The summed E-state index contributed by atoms with van der Waals surface area (Å²) >= 11 is 0. The van der Waals surface area contributed by atoms with Gasteiger partial charge in [0.25, 0.3) is 0 Å². The maximum absolute atomic E-state index is 12.9. The van der Waals surface area contributed by atoms with Gasteiger partial charge in [-0.3, -0.25) is 14.4 Å². The van der Waals surface area contributed by atoms with Crippen LogP contribution >= 0.6 is 0 Å². The Balaban J connectivity index is 4.33. The predicted molar refractivity (Wildman–Crippen MR) is 348 cm³/mol. The fourth-order valence-electron chi connectivity index (χ4n) is 9.97. The number of unbranched alkanes of at least 4 members (excludes halogenated alkanes) is 38. The van der Waals surface area contributed by atoms with Crippen molar-refractivity contribution < 1.29 is 28.6 Å². The Labute approximate surface area is 496 Å². The van der Waals surface area contributed by atoms with Crippen LogP contribution in [-0.4, -0.2) is 37.2 Å². The molecule has 0 saturated carbocycles. The molecule has 0 spiro atoms. The molecule has 0 aromatic heterocycles. The van der Waals surface area contributed by atoms with Crippen LogP contribution < -0.4 is 0 Å². The van der Waals surface area contributed by atoms with Crippen LogP contribution in [0.1, 0.15) is 348 Å². The van der Waals surface area contributed by atoms with Gasteiger partial charge < -0.3 is 14.2 Å². The van der Waals surface area contributed by atoms with Crippen molar-refractivity contribution in [1.82, 2.24) is 0 Å². The van der Waals surface area contributed by atoms with Gasteiger partial charge in [-0.15, -0.1) is 0 Å². The van der Waals surface area contributed by atoms with E-state index < -0.39 is 6.10 Å². The summed E-state index contributed by atoms with van der Waals surface area (Å²) in [5.41, 5.74) is 0. The molecule has 0 amide bonds. The molecule has 0 aliphatic heterocycles. The number of ether oxygens (including phenoxy) is 3. The zero-order valence-electron chi connectivity index (χ0n) is 53.1. The van der Waals surface area contributed by atoms with Crippen LogP contribution in [0.5, 0.6) is 0 Å². The first-order valence-electron chi connectivity index (χ1n) is 34.6. The average Bonchev–Trinajstić information content (AvgIpc) is 3.46. The van der Waals surface area contributed by atoms with E-state index in [1.165, 1.54) is 212 Å². The second-order valence-corrected chi connectivity index (χ2v) is 23.1. The smallest absolute Gasteiger partial charge is 0.306 e. The number of hydrogen-bond acceptors (Lipinski definition) is 6. The maximum Gasteiger partial charge on any atom is 0.306 e. The van der Waals surface area contributed by atoms with Gasteiger partial charge in [-0.25, -0.2) is 0 Å². The van der Waals surface area contributed by atoms with Crippen LogP contribution in [0.3, 0.4) is 0 Å². The largest absolute Gasteiger partial charge is 0.462 e. The number of hydrogen-bond donors (Lipinski definition) is 0. The minimum atomic E-state index is -0.799. The SMILES string of the molecule is CC/C=C\C/C=C\C/C=C\C/C=C\C/C=C\C/C=C\CCCCC(=O)OC(COC(=O)CCCCCCCCCCCCCCCC)COC(=O)CCCCCCCCCCCCCCCCC/C=C\CCCCCCCCCC. The van der Waals surface area contributed by atoms with Crippen LogP contribution in [0.2, 0.25) is 0 Å². The summed E-state index contributed by atoms with van der Waals surface area (Å²) in [5.74, 6) is -0.916. The number of rotatable bonds is 63. The zero-order valence-corrected chi connectivity index (χ0v) is 53.1. The van der Waals surface area contributed by atoms with E-state index in [1.807, 2.05) is 0 Å². The molecule has 0 bridgehead atoms. The van der Waals surface area contributed by atoms with Crippen molar-refractivity contribution in [1.29, 1.82) is 0 Å². The van der Waals surface area contributed by atoms with Crippen molar-refractivity contribution in [3.63, 3.8) is 0 Å². The first-order valence-corrected chi connectivity index (χ1v) is 34.6. The van der Waals surface area contributed by atoms with Crippen molar-refractivity contribution in [2.45, 2.75) is 354 Å². The van der Waals surface area contributed by atoms with E-state index in [2.05, 4.69) is 106 Å². The molecule has 80 heavy (non-hydrogen) atoms. The lowest BCUT2D eigenvalue weighted by Crippen LogP contribution is -2.30. The number of allylic oxidation sites excluding steroid dienone is 14. The Morgan fingerprint density at radius 3 is 0.800 bits per heavy atom. The molecule has 0 heterocycles. The van der Waals surface area contributed by atoms with Gasteiger partial charge in [-0.05, 0) is 96.3 Å². The summed E-state index contributed by atoms with van der Waals surface area (Å²) in [6.07, 6.45) is 90.4.